The topological polar surface area (TPSA) is 81.8 Å². The van der Waals surface area contributed by atoms with E-state index in [9.17, 15) is 13.2 Å². The molecular weight excluding hydrogens is 412 g/mol. The van der Waals surface area contributed by atoms with Crippen LogP contribution in [0.3, 0.4) is 0 Å². The molecule has 2 N–H and O–H groups in total. The summed E-state index contributed by atoms with van der Waals surface area (Å²) in [6.45, 7) is 11.0. The number of nitrogens with one attached hydrogen (secondary N) is 2. The maximum absolute atomic E-state index is 12.7. The van der Waals surface area contributed by atoms with E-state index in [1.54, 1.807) is 30.3 Å². The van der Waals surface area contributed by atoms with Crippen molar-refractivity contribution in [3.63, 3.8) is 0 Å². The molecule has 31 heavy (non-hydrogen) atoms. The van der Waals surface area contributed by atoms with E-state index in [4.69, 9.17) is 0 Å². The minimum Gasteiger partial charge on any atom is -0.352 e. The lowest BCUT2D eigenvalue weighted by Crippen LogP contribution is -2.46. The maximum Gasteiger partial charge on any atom is 0.261 e. The number of carbonyl (C=O) groups is 1. The Hall–Kier alpha value is -2.42. The molecule has 2 aromatic carbocycles. The van der Waals surface area contributed by atoms with Gasteiger partial charge in [-0.15, -0.1) is 0 Å². The quantitative estimate of drug-likeness (QED) is 0.581. The number of hydrogen-bond acceptors (Lipinski definition) is 5. The highest BCUT2D eigenvalue weighted by atomic mass is 32.2. The van der Waals surface area contributed by atoms with E-state index in [0.717, 1.165) is 51.3 Å². The first-order valence-electron chi connectivity index (χ1n) is 10.8. The van der Waals surface area contributed by atoms with E-state index < -0.39 is 10.0 Å². The van der Waals surface area contributed by atoms with Gasteiger partial charge in [0.2, 0.25) is 0 Å². The van der Waals surface area contributed by atoms with E-state index in [1.165, 1.54) is 12.1 Å². The molecule has 0 unspecified atom stereocenters. The molecule has 0 radical (unpaired) electrons. The van der Waals surface area contributed by atoms with E-state index in [1.807, 2.05) is 13.0 Å². The van der Waals surface area contributed by atoms with Crippen LogP contribution in [0.15, 0.2) is 53.4 Å². The Kier molecular flexibility index (Phi) is 8.06. The van der Waals surface area contributed by atoms with Gasteiger partial charge in [0, 0.05) is 44.0 Å². The normalized spacial score (nSPS) is 15.5. The van der Waals surface area contributed by atoms with Crippen molar-refractivity contribution in [3.8, 4) is 0 Å². The predicted octanol–water partition coefficient (Wildman–Crippen LogP) is 2.55. The molecule has 0 aromatic heterocycles. The summed E-state index contributed by atoms with van der Waals surface area (Å²) >= 11 is 0. The molecule has 2 aromatic rings. The minimum atomic E-state index is -3.77. The second-order valence-corrected chi connectivity index (χ2v) is 9.57. The summed E-state index contributed by atoms with van der Waals surface area (Å²) in [6.07, 6.45) is 0.866. The number of likely N-dealkylation sites (N-methyl/N-ethyl adjacent to an activating group) is 1. The number of nitrogens with zero attached hydrogens (tertiary/aromatic N) is 2. The Morgan fingerprint density at radius 1 is 1.00 bits per heavy atom. The van der Waals surface area contributed by atoms with Gasteiger partial charge in [-0.05, 0) is 62.3 Å². The maximum atomic E-state index is 12.7. The molecule has 1 aliphatic heterocycles. The summed E-state index contributed by atoms with van der Waals surface area (Å²) in [7, 11) is -3.77. The molecule has 0 bridgehead atoms. The smallest absolute Gasteiger partial charge is 0.261 e. The van der Waals surface area contributed by atoms with Gasteiger partial charge in [-0.3, -0.25) is 9.52 Å². The van der Waals surface area contributed by atoms with Gasteiger partial charge in [0.1, 0.15) is 0 Å². The molecule has 0 aliphatic carbocycles. The number of amides is 1. The second kappa shape index (κ2) is 10.7. The summed E-state index contributed by atoms with van der Waals surface area (Å²) in [5.41, 5.74) is 1.79. The molecule has 168 valence electrons. The molecule has 8 heteroatoms. The predicted molar refractivity (Wildman–Crippen MR) is 124 cm³/mol. The average Bonchev–Trinajstić information content (AvgIpc) is 2.77. The second-order valence-electron chi connectivity index (χ2n) is 7.89. The highest BCUT2D eigenvalue weighted by Gasteiger charge is 2.17. The Bertz CT molecular complexity index is 986. The highest BCUT2D eigenvalue weighted by Crippen LogP contribution is 2.18. The fraction of sp³-hybridized carbons (Fsp3) is 0.435. The van der Waals surface area contributed by atoms with Crippen molar-refractivity contribution in [2.45, 2.75) is 25.2 Å². The number of hydrogen-bond donors (Lipinski definition) is 2. The zero-order valence-electron chi connectivity index (χ0n) is 18.3. The van der Waals surface area contributed by atoms with Gasteiger partial charge in [0.05, 0.1) is 4.90 Å². The monoisotopic (exact) mass is 444 g/mol. The highest BCUT2D eigenvalue weighted by molar-refractivity contribution is 7.92. The van der Waals surface area contributed by atoms with Gasteiger partial charge in [-0.2, -0.15) is 0 Å². The third-order valence-corrected chi connectivity index (χ3v) is 6.90. The lowest BCUT2D eigenvalue weighted by atomic mass is 10.2. The fourth-order valence-electron chi connectivity index (χ4n) is 3.66. The van der Waals surface area contributed by atoms with Gasteiger partial charge < -0.3 is 15.1 Å². The summed E-state index contributed by atoms with van der Waals surface area (Å²) in [6, 6.07) is 13.3. The molecule has 1 amide bonds. The molecular formula is C23H32N4O3S. The third-order valence-electron chi connectivity index (χ3n) is 5.53. The Labute approximate surface area is 185 Å². The molecule has 0 spiro atoms. The first-order chi connectivity index (χ1) is 14.9. The van der Waals surface area contributed by atoms with Crippen LogP contribution in [0, 0.1) is 6.92 Å². The standard InChI is InChI=1S/C23H32N4O3S/c1-3-26-13-15-27(16-14-26)12-6-11-24-23(28)20-8-5-10-22(18-20)31(29,30)25-21-9-4-7-19(2)17-21/h4-5,7-10,17-18,25H,3,6,11-16H2,1-2H3,(H,24,28). The third kappa shape index (κ3) is 6.78. The number of piperazine rings is 1. The summed E-state index contributed by atoms with van der Waals surface area (Å²) in [5.74, 6) is -0.261. The zero-order chi connectivity index (χ0) is 22.3. The number of anilines is 1. The van der Waals surface area contributed by atoms with Crippen molar-refractivity contribution >= 4 is 21.6 Å². The van der Waals surface area contributed by atoms with E-state index in [0.29, 0.717) is 17.8 Å². The lowest BCUT2D eigenvalue weighted by Gasteiger charge is -2.33. The first-order valence-corrected chi connectivity index (χ1v) is 12.3. The number of benzene rings is 2. The molecule has 1 saturated heterocycles. The van der Waals surface area contributed by atoms with Gasteiger partial charge >= 0.3 is 0 Å². The van der Waals surface area contributed by atoms with Crippen LogP contribution in [-0.4, -0.2) is 69.9 Å². The van der Waals surface area contributed by atoms with Gasteiger partial charge in [-0.25, -0.2) is 8.42 Å². The van der Waals surface area contributed by atoms with Crippen molar-refractivity contribution in [1.29, 1.82) is 0 Å². The average molecular weight is 445 g/mol. The van der Waals surface area contributed by atoms with Crippen molar-refractivity contribution in [1.82, 2.24) is 15.1 Å². The fourth-order valence-corrected chi connectivity index (χ4v) is 4.76. The molecule has 3 rings (SSSR count). The van der Waals surface area contributed by atoms with Crippen LogP contribution in [-0.2, 0) is 10.0 Å². The van der Waals surface area contributed by atoms with Crippen LogP contribution in [0.25, 0.3) is 0 Å². The Morgan fingerprint density at radius 3 is 2.42 bits per heavy atom. The number of carbonyl (C=O) groups excluding carboxylic acids is 1. The van der Waals surface area contributed by atoms with Crippen LogP contribution in [0.2, 0.25) is 0 Å². The van der Waals surface area contributed by atoms with Gasteiger partial charge in [0.25, 0.3) is 15.9 Å². The summed E-state index contributed by atoms with van der Waals surface area (Å²) < 4.78 is 28.0. The summed E-state index contributed by atoms with van der Waals surface area (Å²) in [4.78, 5) is 17.4. The van der Waals surface area contributed by atoms with Crippen LogP contribution in [0.5, 0.6) is 0 Å². The van der Waals surface area contributed by atoms with Crippen LogP contribution in [0.1, 0.15) is 29.3 Å². The van der Waals surface area contributed by atoms with Crippen molar-refractivity contribution in [2.75, 3.05) is 50.5 Å². The van der Waals surface area contributed by atoms with Crippen molar-refractivity contribution in [3.05, 3.63) is 59.7 Å². The van der Waals surface area contributed by atoms with Crippen LogP contribution in [0.4, 0.5) is 5.69 Å². The summed E-state index contributed by atoms with van der Waals surface area (Å²) in [5, 5.41) is 2.90. The molecule has 1 aliphatic rings. The molecule has 1 heterocycles. The van der Waals surface area contributed by atoms with Crippen molar-refractivity contribution < 1.29 is 13.2 Å². The molecule has 7 nitrogen and oxygen atoms in total. The Balaban J connectivity index is 1.51. The van der Waals surface area contributed by atoms with Gasteiger partial charge in [0.15, 0.2) is 0 Å². The largest absolute Gasteiger partial charge is 0.352 e. The SMILES string of the molecule is CCN1CCN(CCCNC(=O)c2cccc(S(=O)(=O)Nc3cccc(C)c3)c2)CC1. The minimum absolute atomic E-state index is 0.0652. The lowest BCUT2D eigenvalue weighted by molar-refractivity contribution is 0.0948. The zero-order valence-corrected chi connectivity index (χ0v) is 19.1. The van der Waals surface area contributed by atoms with Crippen LogP contribution < -0.4 is 10.0 Å². The Morgan fingerprint density at radius 2 is 1.71 bits per heavy atom. The van der Waals surface area contributed by atoms with Crippen molar-refractivity contribution in [2.24, 2.45) is 0 Å². The van der Waals surface area contributed by atoms with Crippen LogP contribution >= 0.6 is 0 Å². The number of aryl methyl sites for hydroxylation is 1. The van der Waals surface area contributed by atoms with E-state index >= 15 is 0 Å². The number of sulfonamides is 1. The first kappa shape index (κ1) is 23.2. The van der Waals surface area contributed by atoms with E-state index in [2.05, 4.69) is 26.8 Å². The van der Waals surface area contributed by atoms with Gasteiger partial charge in [-0.1, -0.05) is 25.1 Å². The molecule has 1 fully saturated rings. The van der Waals surface area contributed by atoms with E-state index in [-0.39, 0.29) is 10.8 Å². The molecule has 0 atom stereocenters. The molecule has 0 saturated carbocycles. The number of rotatable bonds is 9.